The molecule has 19 heavy (non-hydrogen) atoms. The third kappa shape index (κ3) is 3.44. The smallest absolute Gasteiger partial charge is 0.353 e. The van der Waals surface area contributed by atoms with Gasteiger partial charge in [-0.05, 0) is 18.3 Å². The lowest BCUT2D eigenvalue weighted by molar-refractivity contribution is -0.132. The van der Waals surface area contributed by atoms with Crippen LogP contribution in [0.1, 0.15) is 26.2 Å². The molecular weight excluding hydrogens is 252 g/mol. The summed E-state index contributed by atoms with van der Waals surface area (Å²) >= 11 is 0. The first kappa shape index (κ1) is 13.8. The molecule has 7 nitrogen and oxygen atoms in total. The number of carbonyl (C=O) groups is 2. The second kappa shape index (κ2) is 5.56. The van der Waals surface area contributed by atoms with Crippen LogP contribution in [0.15, 0.2) is 5.16 Å². The summed E-state index contributed by atoms with van der Waals surface area (Å²) in [6.07, 6.45) is 0.987. The maximum Gasteiger partial charge on any atom is 0.353 e. The van der Waals surface area contributed by atoms with E-state index in [2.05, 4.69) is 17.4 Å². The van der Waals surface area contributed by atoms with Crippen LogP contribution in [0.3, 0.4) is 0 Å². The van der Waals surface area contributed by atoms with Gasteiger partial charge in [0.2, 0.25) is 6.10 Å². The number of carbonyl (C=O) groups excluding carboxylic acids is 1. The SMILES string of the molecule is CC1(CNC(=O)C2CC(C(=O)O)=NO2)CCOCC1. The largest absolute Gasteiger partial charge is 0.477 e. The predicted octanol–water partition coefficient (Wildman–Crippen LogP) is 0.149. The highest BCUT2D eigenvalue weighted by molar-refractivity contribution is 6.36. The van der Waals surface area contributed by atoms with Gasteiger partial charge in [-0.2, -0.15) is 0 Å². The van der Waals surface area contributed by atoms with Gasteiger partial charge in [0, 0.05) is 26.2 Å². The van der Waals surface area contributed by atoms with Gasteiger partial charge in [0.05, 0.1) is 0 Å². The van der Waals surface area contributed by atoms with E-state index in [-0.39, 0.29) is 23.5 Å². The van der Waals surface area contributed by atoms with Crippen LogP contribution in [-0.4, -0.2) is 48.6 Å². The number of rotatable bonds is 4. The number of hydrogen-bond donors (Lipinski definition) is 2. The number of aliphatic carboxylic acids is 1. The van der Waals surface area contributed by atoms with Crippen molar-refractivity contribution in [2.45, 2.75) is 32.3 Å². The summed E-state index contributed by atoms with van der Waals surface area (Å²) in [5, 5.41) is 14.9. The lowest BCUT2D eigenvalue weighted by Crippen LogP contribution is -2.43. The maximum absolute atomic E-state index is 11.9. The van der Waals surface area contributed by atoms with Crippen molar-refractivity contribution in [3.05, 3.63) is 0 Å². The van der Waals surface area contributed by atoms with E-state index in [0.717, 1.165) is 12.8 Å². The molecule has 0 aliphatic carbocycles. The molecule has 2 heterocycles. The fraction of sp³-hybridized carbons (Fsp3) is 0.750. The molecule has 0 aromatic carbocycles. The highest BCUT2D eigenvalue weighted by Gasteiger charge is 2.33. The zero-order chi connectivity index (χ0) is 13.9. The minimum Gasteiger partial charge on any atom is -0.477 e. The molecule has 0 aromatic rings. The molecule has 1 fully saturated rings. The molecule has 106 valence electrons. The molecule has 1 saturated heterocycles. The summed E-state index contributed by atoms with van der Waals surface area (Å²) in [6.45, 7) is 4.05. The van der Waals surface area contributed by atoms with Crippen molar-refractivity contribution in [1.82, 2.24) is 5.32 Å². The molecule has 1 atom stereocenters. The first-order valence-corrected chi connectivity index (χ1v) is 6.32. The van der Waals surface area contributed by atoms with E-state index in [9.17, 15) is 9.59 Å². The van der Waals surface area contributed by atoms with Crippen molar-refractivity contribution in [1.29, 1.82) is 0 Å². The van der Waals surface area contributed by atoms with Crippen LogP contribution in [0.5, 0.6) is 0 Å². The van der Waals surface area contributed by atoms with Crippen molar-refractivity contribution in [2.24, 2.45) is 10.6 Å². The minimum atomic E-state index is -1.15. The van der Waals surface area contributed by atoms with Crippen LogP contribution < -0.4 is 5.32 Å². The topological polar surface area (TPSA) is 97.2 Å². The van der Waals surface area contributed by atoms with Gasteiger partial charge in [-0.3, -0.25) is 4.79 Å². The summed E-state index contributed by atoms with van der Waals surface area (Å²) < 4.78 is 5.29. The Labute approximate surface area is 110 Å². The number of oxime groups is 1. The molecule has 2 aliphatic heterocycles. The molecule has 2 N–H and O–H groups in total. The van der Waals surface area contributed by atoms with E-state index in [1.54, 1.807) is 0 Å². The van der Waals surface area contributed by atoms with E-state index in [1.165, 1.54) is 0 Å². The molecular formula is C12H18N2O5. The highest BCUT2D eigenvalue weighted by atomic mass is 16.6. The third-order valence-corrected chi connectivity index (χ3v) is 3.60. The standard InChI is InChI=1S/C12H18N2O5/c1-12(2-4-18-5-3-12)7-13-10(15)9-6-8(11(16)17)14-19-9/h9H,2-7H2,1H3,(H,13,15)(H,16,17). The van der Waals surface area contributed by atoms with Gasteiger partial charge in [0.25, 0.3) is 5.91 Å². The molecule has 7 heteroatoms. The summed E-state index contributed by atoms with van der Waals surface area (Å²) in [4.78, 5) is 27.4. The second-order valence-electron chi connectivity index (χ2n) is 5.28. The van der Waals surface area contributed by atoms with E-state index >= 15 is 0 Å². The quantitative estimate of drug-likeness (QED) is 0.757. The van der Waals surface area contributed by atoms with Gasteiger partial charge in [-0.25, -0.2) is 4.79 Å². The fourth-order valence-corrected chi connectivity index (χ4v) is 2.10. The predicted molar refractivity (Wildman–Crippen MR) is 65.7 cm³/mol. The van der Waals surface area contributed by atoms with Crippen LogP contribution in [0.4, 0.5) is 0 Å². The average Bonchev–Trinajstić information content (AvgIpc) is 2.87. The lowest BCUT2D eigenvalue weighted by atomic mass is 9.82. The van der Waals surface area contributed by atoms with Gasteiger partial charge >= 0.3 is 5.97 Å². The van der Waals surface area contributed by atoms with Crippen LogP contribution in [-0.2, 0) is 19.2 Å². The van der Waals surface area contributed by atoms with Crippen LogP contribution >= 0.6 is 0 Å². The van der Waals surface area contributed by atoms with Crippen molar-refractivity contribution >= 4 is 17.6 Å². The number of carboxylic acid groups (broad SMARTS) is 1. The zero-order valence-corrected chi connectivity index (χ0v) is 10.8. The Morgan fingerprint density at radius 2 is 2.16 bits per heavy atom. The normalized spacial score (nSPS) is 25.3. The van der Waals surface area contributed by atoms with Crippen LogP contribution in [0.2, 0.25) is 0 Å². The van der Waals surface area contributed by atoms with Gasteiger partial charge in [0.1, 0.15) is 0 Å². The lowest BCUT2D eigenvalue weighted by Gasteiger charge is -2.33. The van der Waals surface area contributed by atoms with Crippen LogP contribution in [0, 0.1) is 5.41 Å². The fourth-order valence-electron chi connectivity index (χ4n) is 2.10. The van der Waals surface area contributed by atoms with Gasteiger partial charge in [-0.1, -0.05) is 12.1 Å². The van der Waals surface area contributed by atoms with Gasteiger partial charge in [-0.15, -0.1) is 0 Å². The van der Waals surface area contributed by atoms with Gasteiger partial charge < -0.3 is 20.0 Å². The first-order chi connectivity index (χ1) is 9.00. The Balaban J connectivity index is 1.78. The van der Waals surface area contributed by atoms with E-state index < -0.39 is 12.1 Å². The Kier molecular flexibility index (Phi) is 4.04. The molecule has 2 aliphatic rings. The van der Waals surface area contributed by atoms with Crippen molar-refractivity contribution in [3.63, 3.8) is 0 Å². The molecule has 0 radical (unpaired) electrons. The Morgan fingerprint density at radius 1 is 1.47 bits per heavy atom. The first-order valence-electron chi connectivity index (χ1n) is 6.32. The zero-order valence-electron chi connectivity index (χ0n) is 10.8. The minimum absolute atomic E-state index is 0.0149. The summed E-state index contributed by atoms with van der Waals surface area (Å²) in [5.74, 6) is -1.46. The molecule has 2 rings (SSSR count). The molecule has 0 spiro atoms. The van der Waals surface area contributed by atoms with Crippen LogP contribution in [0.25, 0.3) is 0 Å². The highest BCUT2D eigenvalue weighted by Crippen LogP contribution is 2.28. The summed E-state index contributed by atoms with van der Waals surface area (Å²) in [5.41, 5.74) is -0.0827. The van der Waals surface area contributed by atoms with Gasteiger partial charge in [0.15, 0.2) is 5.71 Å². The molecule has 1 amide bonds. The Bertz CT molecular complexity index is 401. The summed E-state index contributed by atoms with van der Waals surface area (Å²) in [6, 6.07) is 0. The number of hydrogen-bond acceptors (Lipinski definition) is 5. The van der Waals surface area contributed by atoms with Crippen molar-refractivity contribution in [2.75, 3.05) is 19.8 Å². The number of ether oxygens (including phenoxy) is 1. The number of nitrogens with zero attached hydrogens (tertiary/aromatic N) is 1. The average molecular weight is 270 g/mol. The molecule has 0 saturated carbocycles. The Hall–Kier alpha value is -1.63. The second-order valence-corrected chi connectivity index (χ2v) is 5.28. The monoisotopic (exact) mass is 270 g/mol. The van der Waals surface area contributed by atoms with Crippen molar-refractivity contribution < 1.29 is 24.3 Å². The number of nitrogens with one attached hydrogen (secondary N) is 1. The number of amides is 1. The van der Waals surface area contributed by atoms with E-state index in [4.69, 9.17) is 14.7 Å². The molecule has 0 aromatic heterocycles. The van der Waals surface area contributed by atoms with E-state index in [1.807, 2.05) is 0 Å². The van der Waals surface area contributed by atoms with Crippen molar-refractivity contribution in [3.8, 4) is 0 Å². The summed E-state index contributed by atoms with van der Waals surface area (Å²) in [7, 11) is 0. The molecule has 0 bridgehead atoms. The molecule has 1 unspecified atom stereocenters. The number of carboxylic acids is 1. The third-order valence-electron chi connectivity index (χ3n) is 3.60. The maximum atomic E-state index is 11.9. The van der Waals surface area contributed by atoms with E-state index in [0.29, 0.717) is 19.8 Å². The Morgan fingerprint density at radius 3 is 2.74 bits per heavy atom.